The molecule has 3 aromatic rings. The highest BCUT2D eigenvalue weighted by molar-refractivity contribution is 8.00. The van der Waals surface area contributed by atoms with Gasteiger partial charge in [-0.1, -0.05) is 36.0 Å². The van der Waals surface area contributed by atoms with Gasteiger partial charge in [0.1, 0.15) is 5.03 Å². The van der Waals surface area contributed by atoms with Gasteiger partial charge in [-0.3, -0.25) is 9.59 Å². The third kappa shape index (κ3) is 4.37. The van der Waals surface area contributed by atoms with E-state index in [-0.39, 0.29) is 17.4 Å². The van der Waals surface area contributed by atoms with Crippen LogP contribution in [0.5, 0.6) is 0 Å². The predicted octanol–water partition coefficient (Wildman–Crippen LogP) is 5.09. The molecule has 1 amide bonds. The number of hydrogen-bond acceptors (Lipinski definition) is 4. The zero-order valence-electron chi connectivity index (χ0n) is 15.9. The number of pyridine rings is 1. The van der Waals surface area contributed by atoms with Crippen LogP contribution in [0.1, 0.15) is 34.0 Å². The number of hydrogen-bond donors (Lipinski definition) is 1. The molecule has 0 aliphatic rings. The largest absolute Gasteiger partial charge is 0.325 e. The summed E-state index contributed by atoms with van der Waals surface area (Å²) in [4.78, 5) is 28.6. The molecule has 2 aromatic carbocycles. The first-order valence-electron chi connectivity index (χ1n) is 8.76. The van der Waals surface area contributed by atoms with Crippen LogP contribution in [0.3, 0.4) is 0 Å². The minimum absolute atomic E-state index is 0.0258. The summed E-state index contributed by atoms with van der Waals surface area (Å²) in [5, 5.41) is 4.86. The van der Waals surface area contributed by atoms with Crippen LogP contribution in [0.4, 0.5) is 5.69 Å². The zero-order chi connectivity index (χ0) is 19.6. The van der Waals surface area contributed by atoms with Crippen LogP contribution >= 0.6 is 11.8 Å². The first-order valence-corrected chi connectivity index (χ1v) is 9.75. The van der Waals surface area contributed by atoms with Crippen molar-refractivity contribution in [2.75, 3.05) is 11.1 Å². The first-order chi connectivity index (χ1) is 12.8. The highest BCUT2D eigenvalue weighted by atomic mass is 32.2. The van der Waals surface area contributed by atoms with E-state index in [0.29, 0.717) is 11.3 Å². The van der Waals surface area contributed by atoms with E-state index < -0.39 is 0 Å². The van der Waals surface area contributed by atoms with E-state index in [0.717, 1.165) is 27.1 Å². The number of fused-ring (bicyclic) bond motifs is 1. The van der Waals surface area contributed by atoms with Crippen molar-refractivity contribution in [2.24, 2.45) is 0 Å². The average molecular weight is 378 g/mol. The Morgan fingerprint density at radius 2 is 1.74 bits per heavy atom. The number of rotatable bonds is 5. The van der Waals surface area contributed by atoms with Crippen molar-refractivity contribution >= 4 is 40.0 Å². The topological polar surface area (TPSA) is 59.1 Å². The fourth-order valence-corrected chi connectivity index (χ4v) is 3.69. The Morgan fingerprint density at radius 3 is 2.48 bits per heavy atom. The number of ketones is 1. The van der Waals surface area contributed by atoms with Gasteiger partial charge in [0.25, 0.3) is 0 Å². The SMILES string of the molecule is CC(=O)c1cccc(NC(=O)CSc2nc3c(C)ccc(C)c3cc2C)c1. The number of Topliss-reactive ketones (excluding diaryl/α,β-unsaturated/α-hetero) is 1. The van der Waals surface area contributed by atoms with Gasteiger partial charge >= 0.3 is 0 Å². The molecule has 5 heteroatoms. The van der Waals surface area contributed by atoms with E-state index in [1.807, 2.05) is 13.8 Å². The molecule has 0 aliphatic heterocycles. The molecule has 0 saturated carbocycles. The van der Waals surface area contributed by atoms with Gasteiger partial charge in [0.15, 0.2) is 5.78 Å². The van der Waals surface area contributed by atoms with Crippen molar-refractivity contribution in [2.45, 2.75) is 32.7 Å². The van der Waals surface area contributed by atoms with Gasteiger partial charge in [-0.25, -0.2) is 4.98 Å². The van der Waals surface area contributed by atoms with Crippen LogP contribution in [0.2, 0.25) is 0 Å². The molecule has 0 radical (unpaired) electrons. The number of nitrogens with one attached hydrogen (secondary N) is 1. The fraction of sp³-hybridized carbons (Fsp3) is 0.227. The molecule has 0 fully saturated rings. The number of benzene rings is 2. The second-order valence-corrected chi connectivity index (χ2v) is 7.64. The highest BCUT2D eigenvalue weighted by Crippen LogP contribution is 2.28. The number of carbonyl (C=O) groups is 2. The number of amides is 1. The van der Waals surface area contributed by atoms with Crippen LogP contribution in [0.15, 0.2) is 47.5 Å². The summed E-state index contributed by atoms with van der Waals surface area (Å²) in [6, 6.07) is 13.3. The minimum Gasteiger partial charge on any atom is -0.325 e. The third-order valence-electron chi connectivity index (χ3n) is 4.44. The summed E-state index contributed by atoms with van der Waals surface area (Å²) in [6.45, 7) is 7.66. The molecule has 138 valence electrons. The maximum atomic E-state index is 12.3. The van der Waals surface area contributed by atoms with E-state index in [2.05, 4.69) is 30.4 Å². The molecule has 0 bridgehead atoms. The lowest BCUT2D eigenvalue weighted by Crippen LogP contribution is -2.14. The van der Waals surface area contributed by atoms with Crippen LogP contribution in [0.25, 0.3) is 10.9 Å². The molecule has 1 heterocycles. The molecule has 0 aliphatic carbocycles. The Labute approximate surface area is 163 Å². The smallest absolute Gasteiger partial charge is 0.234 e. The molecule has 4 nitrogen and oxygen atoms in total. The monoisotopic (exact) mass is 378 g/mol. The Hall–Kier alpha value is -2.66. The van der Waals surface area contributed by atoms with Crippen molar-refractivity contribution < 1.29 is 9.59 Å². The van der Waals surface area contributed by atoms with Crippen molar-refractivity contribution in [3.05, 3.63) is 64.7 Å². The molecule has 27 heavy (non-hydrogen) atoms. The van der Waals surface area contributed by atoms with E-state index in [1.165, 1.54) is 24.2 Å². The summed E-state index contributed by atoms with van der Waals surface area (Å²) < 4.78 is 0. The number of aryl methyl sites for hydroxylation is 3. The minimum atomic E-state index is -0.122. The summed E-state index contributed by atoms with van der Waals surface area (Å²) in [5.74, 6) is 0.110. The lowest BCUT2D eigenvalue weighted by molar-refractivity contribution is -0.113. The maximum absolute atomic E-state index is 12.3. The number of nitrogens with zero attached hydrogens (tertiary/aromatic N) is 1. The second kappa shape index (κ2) is 7.92. The van der Waals surface area contributed by atoms with Crippen molar-refractivity contribution in [3.63, 3.8) is 0 Å². The Balaban J connectivity index is 1.74. The van der Waals surface area contributed by atoms with Crippen molar-refractivity contribution in [1.82, 2.24) is 4.98 Å². The lowest BCUT2D eigenvalue weighted by atomic mass is 10.0. The molecule has 0 saturated heterocycles. The third-order valence-corrected chi connectivity index (χ3v) is 5.53. The van der Waals surface area contributed by atoms with Crippen LogP contribution in [-0.2, 0) is 4.79 Å². The van der Waals surface area contributed by atoms with Gasteiger partial charge in [0.2, 0.25) is 5.91 Å². The lowest BCUT2D eigenvalue weighted by Gasteiger charge is -2.11. The van der Waals surface area contributed by atoms with E-state index in [4.69, 9.17) is 4.98 Å². The van der Waals surface area contributed by atoms with Gasteiger partial charge < -0.3 is 5.32 Å². The predicted molar refractivity (Wildman–Crippen MR) is 112 cm³/mol. The maximum Gasteiger partial charge on any atom is 0.234 e. The number of aromatic nitrogens is 1. The average Bonchev–Trinajstić information content (AvgIpc) is 2.63. The molecule has 0 atom stereocenters. The van der Waals surface area contributed by atoms with Crippen LogP contribution < -0.4 is 5.32 Å². The quantitative estimate of drug-likeness (QED) is 0.496. The Morgan fingerprint density at radius 1 is 1.00 bits per heavy atom. The summed E-state index contributed by atoms with van der Waals surface area (Å²) in [7, 11) is 0. The normalized spacial score (nSPS) is 10.8. The molecular weight excluding hydrogens is 356 g/mol. The van der Waals surface area contributed by atoms with Gasteiger partial charge in [-0.2, -0.15) is 0 Å². The van der Waals surface area contributed by atoms with Gasteiger partial charge in [0, 0.05) is 16.6 Å². The van der Waals surface area contributed by atoms with E-state index >= 15 is 0 Å². The number of anilines is 1. The molecular formula is C22H22N2O2S. The Bertz CT molecular complexity index is 1040. The molecule has 3 rings (SSSR count). The number of carbonyl (C=O) groups excluding carboxylic acids is 2. The van der Waals surface area contributed by atoms with E-state index in [9.17, 15) is 9.59 Å². The highest BCUT2D eigenvalue weighted by Gasteiger charge is 2.11. The molecule has 1 N–H and O–H groups in total. The summed E-state index contributed by atoms with van der Waals surface area (Å²) in [5.41, 5.74) is 5.58. The zero-order valence-corrected chi connectivity index (χ0v) is 16.7. The standard InChI is InChI=1S/C22H22N2O2S/c1-13-8-9-14(2)21-19(13)10-15(3)22(24-21)27-12-20(26)23-18-7-5-6-17(11-18)16(4)25/h5-11H,12H2,1-4H3,(H,23,26). The number of thioether (sulfide) groups is 1. The van der Waals surface area contributed by atoms with Gasteiger partial charge in [-0.15, -0.1) is 0 Å². The van der Waals surface area contributed by atoms with Crippen molar-refractivity contribution in [3.8, 4) is 0 Å². The second-order valence-electron chi connectivity index (χ2n) is 6.68. The van der Waals surface area contributed by atoms with Crippen molar-refractivity contribution in [1.29, 1.82) is 0 Å². The van der Waals surface area contributed by atoms with Crippen LogP contribution in [0, 0.1) is 20.8 Å². The Kier molecular flexibility index (Phi) is 5.61. The fourth-order valence-electron chi connectivity index (χ4n) is 2.91. The summed E-state index contributed by atoms with van der Waals surface area (Å²) >= 11 is 1.42. The van der Waals surface area contributed by atoms with Gasteiger partial charge in [-0.05, 0) is 62.6 Å². The first kappa shape index (κ1) is 19.1. The molecule has 1 aromatic heterocycles. The van der Waals surface area contributed by atoms with E-state index in [1.54, 1.807) is 24.3 Å². The molecule has 0 spiro atoms. The van der Waals surface area contributed by atoms with Crippen LogP contribution in [-0.4, -0.2) is 22.4 Å². The molecule has 0 unspecified atom stereocenters. The van der Waals surface area contributed by atoms with Gasteiger partial charge in [0.05, 0.1) is 11.3 Å². The summed E-state index contributed by atoms with van der Waals surface area (Å²) in [6.07, 6.45) is 0.